The lowest BCUT2D eigenvalue weighted by molar-refractivity contribution is -0.139. The van der Waals surface area contributed by atoms with Crippen molar-refractivity contribution in [1.82, 2.24) is 5.32 Å². The Morgan fingerprint density at radius 3 is 2.86 bits per heavy atom. The van der Waals surface area contributed by atoms with Crippen LogP contribution in [0.2, 0.25) is 0 Å². The highest BCUT2D eigenvalue weighted by molar-refractivity contribution is 7.17. The summed E-state index contributed by atoms with van der Waals surface area (Å²) in [7, 11) is 0. The number of nitrogens with one attached hydrogen (secondary N) is 2. The van der Waals surface area contributed by atoms with Crippen molar-refractivity contribution < 1.29 is 14.7 Å². The third-order valence-corrected chi connectivity index (χ3v) is 4.06. The minimum absolute atomic E-state index is 0.433. The number of rotatable bonds is 6. The lowest BCUT2D eigenvalue weighted by Gasteiger charge is -2.14. The van der Waals surface area contributed by atoms with Gasteiger partial charge in [0.25, 0.3) is 0 Å². The highest BCUT2D eigenvalue weighted by atomic mass is 32.1. The van der Waals surface area contributed by atoms with E-state index in [0.29, 0.717) is 12.1 Å². The molecule has 1 aromatic carbocycles. The number of unbranched alkanes of at least 4 members (excludes halogenated alkanes) is 1. The zero-order valence-electron chi connectivity index (χ0n) is 11.8. The van der Waals surface area contributed by atoms with E-state index in [1.807, 2.05) is 30.5 Å². The first kappa shape index (κ1) is 15.3. The number of carbonyl (C=O) groups is 2. The molecule has 112 valence electrons. The Labute approximate surface area is 127 Å². The maximum absolute atomic E-state index is 11.9. The number of urea groups is 1. The third-order valence-electron chi connectivity index (χ3n) is 3.16. The van der Waals surface area contributed by atoms with Crippen molar-refractivity contribution >= 4 is 39.1 Å². The Kier molecular flexibility index (Phi) is 5.16. The van der Waals surface area contributed by atoms with Crippen LogP contribution in [0, 0.1) is 0 Å². The second-order valence-corrected chi connectivity index (χ2v) is 5.75. The van der Waals surface area contributed by atoms with Gasteiger partial charge in [0.1, 0.15) is 6.04 Å². The van der Waals surface area contributed by atoms with Gasteiger partial charge < -0.3 is 15.7 Å². The highest BCUT2D eigenvalue weighted by Crippen LogP contribution is 2.23. The van der Waals surface area contributed by atoms with Gasteiger partial charge in [0.05, 0.1) is 0 Å². The Morgan fingerprint density at radius 1 is 1.33 bits per heavy atom. The molecule has 0 unspecified atom stereocenters. The summed E-state index contributed by atoms with van der Waals surface area (Å²) >= 11 is 1.63. The molecule has 0 aliphatic heterocycles. The maximum atomic E-state index is 11.9. The number of carboxylic acid groups (broad SMARTS) is 1. The van der Waals surface area contributed by atoms with Gasteiger partial charge in [0.2, 0.25) is 0 Å². The number of hydrogen-bond acceptors (Lipinski definition) is 3. The Bertz CT molecular complexity index is 639. The first-order valence-electron chi connectivity index (χ1n) is 6.87. The van der Waals surface area contributed by atoms with Gasteiger partial charge in [0.15, 0.2) is 0 Å². The van der Waals surface area contributed by atoms with Crippen molar-refractivity contribution in [2.75, 3.05) is 5.32 Å². The second-order valence-electron chi connectivity index (χ2n) is 4.80. The van der Waals surface area contributed by atoms with Gasteiger partial charge in [-0.2, -0.15) is 0 Å². The van der Waals surface area contributed by atoms with Crippen LogP contribution in [0.3, 0.4) is 0 Å². The molecule has 1 heterocycles. The van der Waals surface area contributed by atoms with Crippen LogP contribution in [-0.4, -0.2) is 23.1 Å². The average Bonchev–Trinajstić information content (AvgIpc) is 2.90. The SMILES string of the molecule is CCCC[C@H](NC(=O)Nc1ccc2sccc2c1)C(=O)O. The van der Waals surface area contributed by atoms with Crippen LogP contribution in [0.5, 0.6) is 0 Å². The number of anilines is 1. The van der Waals surface area contributed by atoms with Crippen molar-refractivity contribution in [3.63, 3.8) is 0 Å². The molecule has 0 aliphatic rings. The fourth-order valence-corrected chi connectivity index (χ4v) is 2.81. The van der Waals surface area contributed by atoms with Crippen LogP contribution in [0.25, 0.3) is 10.1 Å². The van der Waals surface area contributed by atoms with Crippen molar-refractivity contribution in [2.45, 2.75) is 32.2 Å². The molecule has 0 saturated carbocycles. The molecule has 3 N–H and O–H groups in total. The lowest BCUT2D eigenvalue weighted by atomic mass is 10.1. The van der Waals surface area contributed by atoms with Crippen LogP contribution in [0.1, 0.15) is 26.2 Å². The molecule has 5 nitrogen and oxygen atoms in total. The monoisotopic (exact) mass is 306 g/mol. The summed E-state index contributed by atoms with van der Waals surface area (Å²) in [5.41, 5.74) is 0.651. The average molecular weight is 306 g/mol. The van der Waals surface area contributed by atoms with E-state index >= 15 is 0 Å². The molecule has 0 spiro atoms. The van der Waals surface area contributed by atoms with Crippen LogP contribution >= 0.6 is 11.3 Å². The van der Waals surface area contributed by atoms with Crippen LogP contribution in [-0.2, 0) is 4.79 Å². The molecule has 0 fully saturated rings. The van der Waals surface area contributed by atoms with Crippen molar-refractivity contribution in [1.29, 1.82) is 0 Å². The Balaban J connectivity index is 1.97. The lowest BCUT2D eigenvalue weighted by Crippen LogP contribution is -2.42. The third kappa shape index (κ3) is 4.19. The largest absolute Gasteiger partial charge is 0.480 e. The van der Waals surface area contributed by atoms with E-state index in [-0.39, 0.29) is 0 Å². The van der Waals surface area contributed by atoms with Gasteiger partial charge in [0, 0.05) is 10.4 Å². The number of fused-ring (bicyclic) bond motifs is 1. The number of hydrogen-bond donors (Lipinski definition) is 3. The predicted octanol–water partition coefficient (Wildman–Crippen LogP) is 3.67. The number of aliphatic carboxylic acids is 1. The normalized spacial score (nSPS) is 12.0. The fourth-order valence-electron chi connectivity index (χ4n) is 2.04. The summed E-state index contributed by atoms with van der Waals surface area (Å²) in [6.45, 7) is 1.98. The second kappa shape index (κ2) is 7.08. The Morgan fingerprint density at radius 2 is 2.14 bits per heavy atom. The minimum atomic E-state index is -1.01. The molecule has 1 aromatic heterocycles. The van der Waals surface area contributed by atoms with E-state index in [0.717, 1.165) is 22.9 Å². The molecular weight excluding hydrogens is 288 g/mol. The zero-order valence-corrected chi connectivity index (χ0v) is 12.6. The molecule has 0 saturated heterocycles. The van der Waals surface area contributed by atoms with Crippen molar-refractivity contribution in [3.8, 4) is 0 Å². The van der Waals surface area contributed by atoms with Crippen LogP contribution in [0.4, 0.5) is 10.5 Å². The predicted molar refractivity (Wildman–Crippen MR) is 84.9 cm³/mol. The maximum Gasteiger partial charge on any atom is 0.326 e. The first-order chi connectivity index (χ1) is 10.1. The van der Waals surface area contributed by atoms with Gasteiger partial charge >= 0.3 is 12.0 Å². The van der Waals surface area contributed by atoms with E-state index in [1.165, 1.54) is 0 Å². The number of amides is 2. The molecule has 0 bridgehead atoms. The quantitative estimate of drug-likeness (QED) is 0.762. The zero-order chi connectivity index (χ0) is 15.2. The van der Waals surface area contributed by atoms with Crippen LogP contribution in [0.15, 0.2) is 29.6 Å². The molecule has 0 aliphatic carbocycles. The summed E-state index contributed by atoms with van der Waals surface area (Å²) in [5, 5.41) is 17.3. The molecular formula is C15H18N2O3S. The summed E-state index contributed by atoms with van der Waals surface area (Å²) in [6, 6.07) is 6.24. The van der Waals surface area contributed by atoms with Gasteiger partial charge in [-0.05, 0) is 41.5 Å². The van der Waals surface area contributed by atoms with E-state index < -0.39 is 18.0 Å². The molecule has 0 radical (unpaired) electrons. The van der Waals surface area contributed by atoms with E-state index in [9.17, 15) is 9.59 Å². The molecule has 2 amide bonds. The topological polar surface area (TPSA) is 78.4 Å². The number of benzene rings is 1. The molecule has 21 heavy (non-hydrogen) atoms. The van der Waals surface area contributed by atoms with E-state index in [2.05, 4.69) is 10.6 Å². The van der Waals surface area contributed by atoms with Gasteiger partial charge in [-0.15, -0.1) is 11.3 Å². The number of thiophene rings is 1. The van der Waals surface area contributed by atoms with Crippen LogP contribution < -0.4 is 10.6 Å². The van der Waals surface area contributed by atoms with E-state index in [1.54, 1.807) is 17.4 Å². The standard InChI is InChI=1S/C15H18N2O3S/c1-2-3-4-12(14(18)19)17-15(20)16-11-5-6-13-10(9-11)7-8-21-13/h5-9,12H,2-4H2,1H3,(H,18,19)(H2,16,17,20)/t12-/m0/s1. The Hall–Kier alpha value is -2.08. The highest BCUT2D eigenvalue weighted by Gasteiger charge is 2.19. The van der Waals surface area contributed by atoms with Crippen molar-refractivity contribution in [2.24, 2.45) is 0 Å². The molecule has 6 heteroatoms. The summed E-state index contributed by atoms with van der Waals surface area (Å²) in [4.78, 5) is 23.0. The van der Waals surface area contributed by atoms with Gasteiger partial charge in [-0.25, -0.2) is 9.59 Å². The molecule has 1 atom stereocenters. The fraction of sp³-hybridized carbons (Fsp3) is 0.333. The van der Waals surface area contributed by atoms with Gasteiger partial charge in [-0.3, -0.25) is 0 Å². The summed E-state index contributed by atoms with van der Waals surface area (Å²) in [6.07, 6.45) is 2.09. The number of carbonyl (C=O) groups excluding carboxylic acids is 1. The smallest absolute Gasteiger partial charge is 0.326 e. The molecule has 2 aromatic rings. The van der Waals surface area contributed by atoms with Gasteiger partial charge in [-0.1, -0.05) is 19.8 Å². The van der Waals surface area contributed by atoms with E-state index in [4.69, 9.17) is 5.11 Å². The summed E-state index contributed by atoms with van der Waals surface area (Å²) in [5.74, 6) is -1.01. The molecule has 2 rings (SSSR count). The first-order valence-corrected chi connectivity index (χ1v) is 7.75. The number of carboxylic acids is 1. The minimum Gasteiger partial charge on any atom is -0.480 e. The summed E-state index contributed by atoms with van der Waals surface area (Å²) < 4.78 is 1.15. The van der Waals surface area contributed by atoms with Crippen molar-refractivity contribution in [3.05, 3.63) is 29.6 Å².